The predicted octanol–water partition coefficient (Wildman–Crippen LogP) is 8.05. The minimum absolute atomic E-state index is 0.557. The van der Waals surface area contributed by atoms with E-state index in [1.807, 2.05) is 36.4 Å². The molecule has 0 saturated carbocycles. The van der Waals surface area contributed by atoms with Gasteiger partial charge >= 0.3 is 0 Å². The fraction of sp³-hybridized carbons (Fsp3) is 0.483. The SMILES string of the molecule is CCCCCCN(CCCCCC)CC(O)c1cc(Cl)c2nc(-c3ccccc3)ccc2c1. The van der Waals surface area contributed by atoms with Crippen molar-refractivity contribution in [1.82, 2.24) is 9.88 Å². The van der Waals surface area contributed by atoms with Crippen molar-refractivity contribution in [3.05, 3.63) is 65.2 Å². The van der Waals surface area contributed by atoms with Crippen molar-refractivity contribution < 1.29 is 5.11 Å². The summed E-state index contributed by atoms with van der Waals surface area (Å²) in [5.41, 5.74) is 3.63. The van der Waals surface area contributed by atoms with Gasteiger partial charge in [0, 0.05) is 17.5 Å². The van der Waals surface area contributed by atoms with Crippen LogP contribution in [0.15, 0.2) is 54.6 Å². The molecule has 1 aromatic heterocycles. The molecule has 0 bridgehead atoms. The van der Waals surface area contributed by atoms with Crippen LogP contribution in [0.5, 0.6) is 0 Å². The molecule has 3 rings (SSSR count). The number of hydrogen-bond donors (Lipinski definition) is 1. The van der Waals surface area contributed by atoms with Gasteiger partial charge in [-0.2, -0.15) is 0 Å². The van der Waals surface area contributed by atoms with Crippen LogP contribution in [0.25, 0.3) is 22.2 Å². The second-order valence-corrected chi connectivity index (χ2v) is 9.48. The van der Waals surface area contributed by atoms with Crippen molar-refractivity contribution in [2.75, 3.05) is 19.6 Å². The summed E-state index contributed by atoms with van der Waals surface area (Å²) in [6.45, 7) is 7.23. The fourth-order valence-corrected chi connectivity index (χ4v) is 4.62. The lowest BCUT2D eigenvalue weighted by Gasteiger charge is -2.25. The number of hydrogen-bond acceptors (Lipinski definition) is 3. The van der Waals surface area contributed by atoms with E-state index in [1.54, 1.807) is 0 Å². The number of fused-ring (bicyclic) bond motifs is 1. The van der Waals surface area contributed by atoms with Crippen LogP contribution in [-0.2, 0) is 0 Å². The Hall–Kier alpha value is -1.94. The maximum absolute atomic E-state index is 11.1. The molecular weight excluding hydrogens is 428 g/mol. The topological polar surface area (TPSA) is 36.4 Å². The molecular formula is C29H39ClN2O. The molecule has 33 heavy (non-hydrogen) atoms. The van der Waals surface area contributed by atoms with Crippen molar-refractivity contribution in [3.63, 3.8) is 0 Å². The first-order valence-electron chi connectivity index (χ1n) is 12.7. The summed E-state index contributed by atoms with van der Waals surface area (Å²) in [7, 11) is 0. The second-order valence-electron chi connectivity index (χ2n) is 9.07. The molecule has 1 heterocycles. The van der Waals surface area contributed by atoms with Crippen LogP contribution in [0.1, 0.15) is 76.9 Å². The Kier molecular flexibility index (Phi) is 10.7. The van der Waals surface area contributed by atoms with E-state index in [0.717, 1.165) is 40.8 Å². The third kappa shape index (κ3) is 7.81. The van der Waals surface area contributed by atoms with Crippen LogP contribution in [0.3, 0.4) is 0 Å². The Morgan fingerprint density at radius 2 is 1.52 bits per heavy atom. The number of halogens is 1. The Labute approximate surface area is 204 Å². The summed E-state index contributed by atoms with van der Waals surface area (Å²) >= 11 is 6.65. The summed E-state index contributed by atoms with van der Waals surface area (Å²) in [6.07, 6.45) is 9.40. The Balaban J connectivity index is 1.72. The molecule has 2 aromatic carbocycles. The number of rotatable bonds is 14. The summed E-state index contributed by atoms with van der Waals surface area (Å²) in [6, 6.07) is 18.1. The number of nitrogens with zero attached hydrogens (tertiary/aromatic N) is 2. The fourth-order valence-electron chi connectivity index (χ4n) is 4.34. The third-order valence-corrected chi connectivity index (χ3v) is 6.60. The zero-order valence-corrected chi connectivity index (χ0v) is 21.0. The maximum atomic E-state index is 11.1. The predicted molar refractivity (Wildman–Crippen MR) is 142 cm³/mol. The van der Waals surface area contributed by atoms with Crippen LogP contribution >= 0.6 is 11.6 Å². The normalized spacial score (nSPS) is 12.5. The van der Waals surface area contributed by atoms with Crippen molar-refractivity contribution in [1.29, 1.82) is 0 Å². The van der Waals surface area contributed by atoms with Gasteiger partial charge in [-0.15, -0.1) is 0 Å². The highest BCUT2D eigenvalue weighted by Crippen LogP contribution is 2.30. The highest BCUT2D eigenvalue weighted by atomic mass is 35.5. The monoisotopic (exact) mass is 466 g/mol. The highest BCUT2D eigenvalue weighted by Gasteiger charge is 2.16. The van der Waals surface area contributed by atoms with E-state index in [-0.39, 0.29) is 0 Å². The van der Waals surface area contributed by atoms with E-state index in [4.69, 9.17) is 16.6 Å². The minimum Gasteiger partial charge on any atom is -0.387 e. The quantitative estimate of drug-likeness (QED) is 0.244. The van der Waals surface area contributed by atoms with Gasteiger partial charge in [-0.1, -0.05) is 100 Å². The van der Waals surface area contributed by atoms with Gasteiger partial charge in [0.25, 0.3) is 0 Å². The van der Waals surface area contributed by atoms with E-state index in [0.29, 0.717) is 11.6 Å². The van der Waals surface area contributed by atoms with Crippen LogP contribution < -0.4 is 0 Å². The molecule has 0 amide bonds. The van der Waals surface area contributed by atoms with Crippen LogP contribution in [-0.4, -0.2) is 34.6 Å². The zero-order chi connectivity index (χ0) is 23.5. The van der Waals surface area contributed by atoms with Gasteiger partial charge in [0.2, 0.25) is 0 Å². The van der Waals surface area contributed by atoms with E-state index in [1.165, 1.54) is 51.4 Å². The Morgan fingerprint density at radius 3 is 2.15 bits per heavy atom. The first-order chi connectivity index (χ1) is 16.1. The molecule has 1 N–H and O–H groups in total. The number of pyridine rings is 1. The number of unbranched alkanes of at least 4 members (excludes halogenated alkanes) is 6. The molecule has 178 valence electrons. The molecule has 0 fully saturated rings. The zero-order valence-electron chi connectivity index (χ0n) is 20.3. The van der Waals surface area contributed by atoms with E-state index >= 15 is 0 Å². The Morgan fingerprint density at radius 1 is 0.848 bits per heavy atom. The molecule has 0 saturated heterocycles. The number of benzene rings is 2. The molecule has 4 heteroatoms. The Bertz CT molecular complexity index is 964. The smallest absolute Gasteiger partial charge is 0.0917 e. The van der Waals surface area contributed by atoms with Gasteiger partial charge < -0.3 is 10.0 Å². The van der Waals surface area contributed by atoms with Crippen LogP contribution in [0.4, 0.5) is 0 Å². The van der Waals surface area contributed by atoms with Crippen molar-refractivity contribution in [3.8, 4) is 11.3 Å². The van der Waals surface area contributed by atoms with Gasteiger partial charge in [0.15, 0.2) is 0 Å². The molecule has 3 nitrogen and oxygen atoms in total. The molecule has 3 aromatic rings. The number of aliphatic hydroxyl groups is 1. The average molecular weight is 467 g/mol. The molecule has 1 atom stereocenters. The van der Waals surface area contributed by atoms with Gasteiger partial charge in [-0.3, -0.25) is 0 Å². The molecule has 0 radical (unpaired) electrons. The van der Waals surface area contributed by atoms with Gasteiger partial charge in [-0.25, -0.2) is 4.98 Å². The lowest BCUT2D eigenvalue weighted by molar-refractivity contribution is 0.110. The molecule has 0 aliphatic carbocycles. The first-order valence-corrected chi connectivity index (χ1v) is 13.1. The van der Waals surface area contributed by atoms with E-state index < -0.39 is 6.10 Å². The van der Waals surface area contributed by atoms with Crippen molar-refractivity contribution in [2.45, 2.75) is 71.3 Å². The maximum Gasteiger partial charge on any atom is 0.0917 e. The highest BCUT2D eigenvalue weighted by molar-refractivity contribution is 6.35. The minimum atomic E-state index is -0.557. The lowest BCUT2D eigenvalue weighted by Crippen LogP contribution is -2.31. The van der Waals surface area contributed by atoms with Crippen molar-refractivity contribution >= 4 is 22.5 Å². The van der Waals surface area contributed by atoms with Gasteiger partial charge in [0.1, 0.15) is 0 Å². The number of aromatic nitrogens is 1. The second kappa shape index (κ2) is 13.7. The van der Waals surface area contributed by atoms with E-state index in [2.05, 4.69) is 36.9 Å². The van der Waals surface area contributed by atoms with E-state index in [9.17, 15) is 5.11 Å². The molecule has 1 unspecified atom stereocenters. The summed E-state index contributed by atoms with van der Waals surface area (Å²) in [5.74, 6) is 0. The summed E-state index contributed by atoms with van der Waals surface area (Å²) in [5, 5.41) is 12.7. The summed E-state index contributed by atoms with van der Waals surface area (Å²) in [4.78, 5) is 7.23. The van der Waals surface area contributed by atoms with Crippen molar-refractivity contribution in [2.24, 2.45) is 0 Å². The van der Waals surface area contributed by atoms with Crippen LogP contribution in [0, 0.1) is 0 Å². The molecule has 0 aliphatic rings. The molecule has 0 aliphatic heterocycles. The first kappa shape index (κ1) is 25.7. The largest absolute Gasteiger partial charge is 0.387 e. The van der Waals surface area contributed by atoms with Gasteiger partial charge in [0.05, 0.1) is 22.3 Å². The van der Waals surface area contributed by atoms with Gasteiger partial charge in [-0.05, 0) is 49.7 Å². The lowest BCUT2D eigenvalue weighted by atomic mass is 10.0. The molecule has 0 spiro atoms. The number of aliphatic hydroxyl groups excluding tert-OH is 1. The summed E-state index contributed by atoms with van der Waals surface area (Å²) < 4.78 is 0. The third-order valence-electron chi connectivity index (χ3n) is 6.31. The standard InChI is InChI=1S/C29H39ClN2O/c1-3-5-7-12-18-32(19-13-8-6-4-2)22-28(33)25-20-24-16-17-27(23-14-10-9-11-15-23)31-29(24)26(30)21-25/h9-11,14-17,20-21,28,33H,3-8,12-13,18-19,22H2,1-2H3. The average Bonchev–Trinajstić information content (AvgIpc) is 2.84. The van der Waals surface area contributed by atoms with Crippen LogP contribution in [0.2, 0.25) is 5.02 Å².